The second-order valence-corrected chi connectivity index (χ2v) is 14.1. The van der Waals surface area contributed by atoms with E-state index in [0.717, 1.165) is 17.1 Å². The molecule has 0 N–H and O–H groups in total. The molecule has 0 bridgehead atoms. The Labute approximate surface area is 322 Å². The van der Waals surface area contributed by atoms with Gasteiger partial charge in [0, 0.05) is 17.1 Å². The molecule has 0 aliphatic rings. The number of anilines is 3. The Hall–Kier alpha value is -7.22. The zero-order valence-corrected chi connectivity index (χ0v) is 30.3. The maximum atomic E-state index is 2.44. The minimum atomic E-state index is 1.11. The summed E-state index contributed by atoms with van der Waals surface area (Å²) in [6, 6.07) is 81.4. The van der Waals surface area contributed by atoms with Crippen LogP contribution in [0.2, 0.25) is 0 Å². The fraction of sp³-hybridized carbons (Fsp3) is 0. The van der Waals surface area contributed by atoms with Crippen LogP contribution in [-0.2, 0) is 0 Å². The van der Waals surface area contributed by atoms with Gasteiger partial charge in [0.1, 0.15) is 0 Å². The van der Waals surface area contributed by atoms with Gasteiger partial charge in [-0.15, -0.1) is 0 Å². The van der Waals surface area contributed by atoms with Crippen molar-refractivity contribution in [2.24, 2.45) is 0 Å². The van der Waals surface area contributed by atoms with Gasteiger partial charge in [0.15, 0.2) is 0 Å². The van der Waals surface area contributed by atoms with Crippen molar-refractivity contribution in [2.75, 3.05) is 4.90 Å². The van der Waals surface area contributed by atoms with Gasteiger partial charge in [0.25, 0.3) is 0 Å². The molecule has 0 radical (unpaired) electrons. The molecule has 0 aliphatic carbocycles. The smallest absolute Gasteiger partial charge is 0.0462 e. The molecule has 10 aromatic rings. The molecular weight excluding hydrogens is 663 g/mol. The summed E-state index contributed by atoms with van der Waals surface area (Å²) < 4.78 is 0. The van der Waals surface area contributed by atoms with Gasteiger partial charge in [-0.05, 0) is 125 Å². The van der Waals surface area contributed by atoms with Crippen LogP contribution in [0, 0.1) is 0 Å². The van der Waals surface area contributed by atoms with Crippen LogP contribution in [0.15, 0.2) is 224 Å². The average molecular weight is 700 g/mol. The molecule has 0 heterocycles. The number of hydrogen-bond acceptors (Lipinski definition) is 1. The van der Waals surface area contributed by atoms with Gasteiger partial charge in [-0.2, -0.15) is 0 Å². The number of benzene rings is 10. The molecule has 0 aromatic heterocycles. The van der Waals surface area contributed by atoms with Crippen molar-refractivity contribution in [3.8, 4) is 44.5 Å². The molecule has 10 rings (SSSR count). The first-order valence-electron chi connectivity index (χ1n) is 18.9. The Kier molecular flexibility index (Phi) is 8.24. The highest BCUT2D eigenvalue weighted by Crippen LogP contribution is 2.49. The second kappa shape index (κ2) is 14.0. The van der Waals surface area contributed by atoms with Crippen LogP contribution >= 0.6 is 0 Å². The predicted molar refractivity (Wildman–Crippen MR) is 235 cm³/mol. The normalized spacial score (nSPS) is 11.3. The van der Waals surface area contributed by atoms with Crippen LogP contribution < -0.4 is 4.90 Å². The molecule has 0 saturated heterocycles. The van der Waals surface area contributed by atoms with Crippen LogP contribution in [0.3, 0.4) is 0 Å². The van der Waals surface area contributed by atoms with Gasteiger partial charge >= 0.3 is 0 Å². The minimum Gasteiger partial charge on any atom is -0.311 e. The van der Waals surface area contributed by atoms with Crippen LogP contribution in [-0.4, -0.2) is 0 Å². The lowest BCUT2D eigenvalue weighted by Crippen LogP contribution is -2.09. The number of rotatable bonds is 7. The zero-order chi connectivity index (χ0) is 36.6. The Morgan fingerprint density at radius 1 is 0.236 bits per heavy atom. The van der Waals surface area contributed by atoms with Crippen LogP contribution in [0.5, 0.6) is 0 Å². The van der Waals surface area contributed by atoms with Gasteiger partial charge in [0.05, 0.1) is 0 Å². The summed E-state index contributed by atoms with van der Waals surface area (Å²) in [5, 5.41) is 7.56. The average Bonchev–Trinajstić information content (AvgIpc) is 3.27. The Morgan fingerprint density at radius 3 is 1.27 bits per heavy atom. The van der Waals surface area contributed by atoms with Crippen LogP contribution in [0.4, 0.5) is 17.1 Å². The lowest BCUT2D eigenvalue weighted by molar-refractivity contribution is 1.28. The maximum Gasteiger partial charge on any atom is 0.0462 e. The Balaban J connectivity index is 1.30. The summed E-state index contributed by atoms with van der Waals surface area (Å²) in [5.74, 6) is 0. The first kappa shape index (κ1) is 32.4. The molecule has 0 unspecified atom stereocenters. The quantitative estimate of drug-likeness (QED) is 0.150. The molecular formula is C54H37N. The third-order valence-corrected chi connectivity index (χ3v) is 10.8. The van der Waals surface area contributed by atoms with Crippen molar-refractivity contribution in [1.29, 1.82) is 0 Å². The molecule has 0 amide bonds. The molecule has 258 valence electrons. The van der Waals surface area contributed by atoms with Crippen LogP contribution in [0.1, 0.15) is 0 Å². The van der Waals surface area contributed by atoms with Crippen molar-refractivity contribution in [3.05, 3.63) is 224 Å². The summed E-state index contributed by atoms with van der Waals surface area (Å²) in [4.78, 5) is 2.32. The summed E-state index contributed by atoms with van der Waals surface area (Å²) in [6.07, 6.45) is 0. The van der Waals surface area contributed by atoms with Gasteiger partial charge in [-0.1, -0.05) is 176 Å². The summed E-state index contributed by atoms with van der Waals surface area (Å²) in [5.41, 5.74) is 13.1. The van der Waals surface area contributed by atoms with Crippen molar-refractivity contribution >= 4 is 49.4 Å². The lowest BCUT2D eigenvalue weighted by atomic mass is 9.81. The first-order chi connectivity index (χ1) is 27.3. The van der Waals surface area contributed by atoms with Gasteiger partial charge < -0.3 is 4.90 Å². The standard InChI is InChI=1S/C54H37N/c1-6-18-38(19-7-1)42-32-35-48-51(36-42)46-28-16-17-29-47(46)54-52(41-22-10-3-11-23-41)49(39-20-8-2-9-21-39)37-50(53(48)54)40-30-33-45(34-31-40)55(43-24-12-4-13-25-43)44-26-14-5-15-27-44/h1-37H. The highest BCUT2D eigenvalue weighted by molar-refractivity contribution is 6.33. The van der Waals surface area contributed by atoms with E-state index in [4.69, 9.17) is 0 Å². The third-order valence-electron chi connectivity index (χ3n) is 10.8. The summed E-state index contributed by atoms with van der Waals surface area (Å²) in [7, 11) is 0. The third kappa shape index (κ3) is 5.84. The summed E-state index contributed by atoms with van der Waals surface area (Å²) in [6.45, 7) is 0. The minimum absolute atomic E-state index is 1.11. The van der Waals surface area contributed by atoms with Crippen molar-refractivity contribution in [2.45, 2.75) is 0 Å². The SMILES string of the molecule is c1ccc(-c2ccc3c(c2)c2ccccc2c2c(-c4ccccc4)c(-c4ccccc4)cc(-c4ccc(N(c5ccccc5)c5ccccc5)cc4)c32)cc1. The lowest BCUT2D eigenvalue weighted by Gasteiger charge is -2.26. The molecule has 55 heavy (non-hydrogen) atoms. The first-order valence-corrected chi connectivity index (χ1v) is 18.9. The van der Waals surface area contributed by atoms with E-state index in [-0.39, 0.29) is 0 Å². The van der Waals surface area contributed by atoms with Gasteiger partial charge in [0.2, 0.25) is 0 Å². The van der Waals surface area contributed by atoms with E-state index < -0.39 is 0 Å². The number of nitrogens with zero attached hydrogens (tertiary/aromatic N) is 1. The van der Waals surface area contributed by atoms with E-state index in [9.17, 15) is 0 Å². The fourth-order valence-corrected chi connectivity index (χ4v) is 8.33. The van der Waals surface area contributed by atoms with E-state index in [1.165, 1.54) is 76.8 Å². The highest BCUT2D eigenvalue weighted by atomic mass is 15.1. The van der Waals surface area contributed by atoms with Crippen LogP contribution in [0.25, 0.3) is 76.8 Å². The van der Waals surface area contributed by atoms with Crippen molar-refractivity contribution in [1.82, 2.24) is 0 Å². The van der Waals surface area contributed by atoms with Crippen molar-refractivity contribution in [3.63, 3.8) is 0 Å². The fourth-order valence-electron chi connectivity index (χ4n) is 8.33. The molecule has 1 nitrogen and oxygen atoms in total. The molecule has 0 atom stereocenters. The topological polar surface area (TPSA) is 3.24 Å². The van der Waals surface area contributed by atoms with Crippen molar-refractivity contribution < 1.29 is 0 Å². The molecule has 0 aliphatic heterocycles. The van der Waals surface area contributed by atoms with E-state index in [1.807, 2.05) is 0 Å². The van der Waals surface area contributed by atoms with E-state index in [2.05, 4.69) is 229 Å². The van der Waals surface area contributed by atoms with E-state index in [0.29, 0.717) is 0 Å². The molecule has 1 heteroatoms. The molecule has 0 saturated carbocycles. The number of hydrogen-bond donors (Lipinski definition) is 0. The largest absolute Gasteiger partial charge is 0.311 e. The van der Waals surface area contributed by atoms with Gasteiger partial charge in [-0.25, -0.2) is 0 Å². The van der Waals surface area contributed by atoms with E-state index in [1.54, 1.807) is 0 Å². The highest BCUT2D eigenvalue weighted by Gasteiger charge is 2.22. The predicted octanol–water partition coefficient (Wildman–Crippen LogP) is 15.3. The number of para-hydroxylation sites is 2. The molecule has 0 spiro atoms. The number of fused-ring (bicyclic) bond motifs is 6. The second-order valence-electron chi connectivity index (χ2n) is 14.1. The monoisotopic (exact) mass is 699 g/mol. The van der Waals surface area contributed by atoms with Gasteiger partial charge in [-0.3, -0.25) is 0 Å². The Bertz CT molecular complexity index is 2880. The molecule has 10 aromatic carbocycles. The zero-order valence-electron chi connectivity index (χ0n) is 30.3. The summed E-state index contributed by atoms with van der Waals surface area (Å²) >= 11 is 0. The molecule has 0 fully saturated rings. The Morgan fingerprint density at radius 2 is 0.673 bits per heavy atom. The maximum absolute atomic E-state index is 2.44. The van der Waals surface area contributed by atoms with E-state index >= 15 is 0 Å².